The fourth-order valence-corrected chi connectivity index (χ4v) is 2.81. The van der Waals surface area contributed by atoms with Gasteiger partial charge in [0.25, 0.3) is 0 Å². The van der Waals surface area contributed by atoms with Gasteiger partial charge in [-0.3, -0.25) is 0 Å². The molecule has 0 bridgehead atoms. The molecule has 7 heteroatoms. The van der Waals surface area contributed by atoms with Crippen molar-refractivity contribution in [2.24, 2.45) is 5.92 Å². The summed E-state index contributed by atoms with van der Waals surface area (Å²) in [6, 6.07) is 6.24. The van der Waals surface area contributed by atoms with Crippen molar-refractivity contribution in [1.29, 1.82) is 0 Å². The van der Waals surface area contributed by atoms with Gasteiger partial charge in [-0.1, -0.05) is 20.3 Å². The van der Waals surface area contributed by atoms with Gasteiger partial charge in [0.15, 0.2) is 0 Å². The Morgan fingerprint density at radius 2 is 1.76 bits per heavy atom. The van der Waals surface area contributed by atoms with Crippen molar-refractivity contribution in [2.75, 3.05) is 43.4 Å². The maximum absolute atomic E-state index is 12.1. The van der Waals surface area contributed by atoms with E-state index in [9.17, 15) is 14.7 Å². The number of carboxylic acid groups (broad SMARTS) is 1. The van der Waals surface area contributed by atoms with E-state index in [1.165, 1.54) is 0 Å². The molecule has 0 aliphatic carbocycles. The van der Waals surface area contributed by atoms with Gasteiger partial charge in [0.05, 0.1) is 0 Å². The molecule has 1 fully saturated rings. The molecule has 2 atom stereocenters. The number of benzene rings is 1. The Morgan fingerprint density at radius 1 is 1.16 bits per heavy atom. The second-order valence-electron chi connectivity index (χ2n) is 6.64. The Morgan fingerprint density at radius 3 is 2.28 bits per heavy atom. The minimum atomic E-state index is -1.02. The topological polar surface area (TPSA) is 84.9 Å². The van der Waals surface area contributed by atoms with Gasteiger partial charge >= 0.3 is 12.0 Å². The molecule has 2 amide bonds. The molecule has 1 aliphatic heterocycles. The summed E-state index contributed by atoms with van der Waals surface area (Å²) >= 11 is 0. The monoisotopic (exact) mass is 348 g/mol. The molecule has 7 nitrogen and oxygen atoms in total. The summed E-state index contributed by atoms with van der Waals surface area (Å²) in [5.41, 5.74) is 1.77. The van der Waals surface area contributed by atoms with Gasteiger partial charge in [0.1, 0.15) is 6.04 Å². The van der Waals surface area contributed by atoms with E-state index in [0.717, 1.165) is 31.9 Å². The summed E-state index contributed by atoms with van der Waals surface area (Å²) in [6.07, 6.45) is 0.678. The molecule has 138 valence electrons. The second-order valence-corrected chi connectivity index (χ2v) is 6.64. The molecular formula is C18H28N4O3. The van der Waals surface area contributed by atoms with E-state index in [4.69, 9.17) is 0 Å². The first-order chi connectivity index (χ1) is 11.9. The van der Waals surface area contributed by atoms with E-state index in [1.807, 2.05) is 38.1 Å². The van der Waals surface area contributed by atoms with Gasteiger partial charge in [-0.25, -0.2) is 9.59 Å². The summed E-state index contributed by atoms with van der Waals surface area (Å²) < 4.78 is 0. The zero-order valence-electron chi connectivity index (χ0n) is 15.2. The third-order valence-corrected chi connectivity index (χ3v) is 4.76. The molecule has 1 aliphatic rings. The van der Waals surface area contributed by atoms with Crippen molar-refractivity contribution in [3.8, 4) is 0 Å². The first kappa shape index (κ1) is 19.1. The summed E-state index contributed by atoms with van der Waals surface area (Å²) in [4.78, 5) is 28.0. The third kappa shape index (κ3) is 5.35. The van der Waals surface area contributed by atoms with Crippen molar-refractivity contribution in [3.05, 3.63) is 24.3 Å². The second kappa shape index (κ2) is 8.71. The Bertz CT molecular complexity index is 582. The van der Waals surface area contributed by atoms with E-state index in [1.54, 1.807) is 0 Å². The molecule has 1 aromatic carbocycles. The lowest BCUT2D eigenvalue weighted by atomic mass is 9.99. The lowest BCUT2D eigenvalue weighted by Crippen LogP contribution is -2.46. The summed E-state index contributed by atoms with van der Waals surface area (Å²) in [6.45, 7) is 7.75. The smallest absolute Gasteiger partial charge is 0.326 e. The lowest BCUT2D eigenvalue weighted by Gasteiger charge is -2.34. The minimum absolute atomic E-state index is 0.136. The van der Waals surface area contributed by atoms with Gasteiger partial charge < -0.3 is 25.5 Å². The number of aliphatic carboxylic acids is 1. The van der Waals surface area contributed by atoms with Crippen LogP contribution in [0.15, 0.2) is 24.3 Å². The van der Waals surface area contributed by atoms with Crippen molar-refractivity contribution in [2.45, 2.75) is 26.3 Å². The number of nitrogens with one attached hydrogen (secondary N) is 2. The highest BCUT2D eigenvalue weighted by Crippen LogP contribution is 2.19. The normalized spacial score (nSPS) is 17.6. The van der Waals surface area contributed by atoms with Crippen LogP contribution in [0, 0.1) is 5.92 Å². The number of hydrogen-bond donors (Lipinski definition) is 3. The third-order valence-electron chi connectivity index (χ3n) is 4.76. The highest BCUT2D eigenvalue weighted by molar-refractivity contribution is 5.92. The van der Waals surface area contributed by atoms with Crippen LogP contribution in [0.3, 0.4) is 0 Å². The standard InChI is InChI=1S/C18H28N4O3/c1-4-13(2)16(17(23)24)20-18(25)19-14-5-7-15(8-6-14)22-11-9-21(3)10-12-22/h5-8,13,16H,4,9-12H2,1-3H3,(H,23,24)(H2,19,20,25). The number of anilines is 2. The molecule has 0 radical (unpaired) electrons. The highest BCUT2D eigenvalue weighted by atomic mass is 16.4. The number of amides is 2. The summed E-state index contributed by atoms with van der Waals surface area (Å²) in [7, 11) is 2.12. The summed E-state index contributed by atoms with van der Waals surface area (Å²) in [5.74, 6) is -1.15. The predicted octanol–water partition coefficient (Wildman–Crippen LogP) is 2.06. The Balaban J connectivity index is 1.91. The van der Waals surface area contributed by atoms with Crippen molar-refractivity contribution in [3.63, 3.8) is 0 Å². The number of urea groups is 1. The van der Waals surface area contributed by atoms with Crippen LogP contribution in [-0.4, -0.2) is 61.3 Å². The van der Waals surface area contributed by atoms with Crippen LogP contribution in [0.2, 0.25) is 0 Å². The molecular weight excluding hydrogens is 320 g/mol. The number of carbonyl (C=O) groups excluding carboxylic acids is 1. The van der Waals surface area contributed by atoms with Gasteiger partial charge in [-0.05, 0) is 37.2 Å². The van der Waals surface area contributed by atoms with E-state index < -0.39 is 18.0 Å². The Labute approximate surface area is 149 Å². The van der Waals surface area contributed by atoms with Crippen LogP contribution >= 0.6 is 0 Å². The first-order valence-electron chi connectivity index (χ1n) is 8.74. The molecule has 1 aromatic rings. The fraction of sp³-hybridized carbons (Fsp3) is 0.556. The van der Waals surface area contributed by atoms with Crippen LogP contribution in [0.1, 0.15) is 20.3 Å². The van der Waals surface area contributed by atoms with Crippen LogP contribution in [0.4, 0.5) is 16.2 Å². The van der Waals surface area contributed by atoms with E-state index in [0.29, 0.717) is 12.1 Å². The molecule has 1 heterocycles. The summed E-state index contributed by atoms with van der Waals surface area (Å²) in [5, 5.41) is 14.5. The average molecular weight is 348 g/mol. The molecule has 3 N–H and O–H groups in total. The van der Waals surface area contributed by atoms with Crippen LogP contribution in [0.25, 0.3) is 0 Å². The average Bonchev–Trinajstić information content (AvgIpc) is 2.60. The van der Waals surface area contributed by atoms with Gasteiger partial charge in [-0.15, -0.1) is 0 Å². The molecule has 25 heavy (non-hydrogen) atoms. The molecule has 1 saturated heterocycles. The number of likely N-dealkylation sites (N-methyl/N-ethyl adjacent to an activating group) is 1. The highest BCUT2D eigenvalue weighted by Gasteiger charge is 2.25. The van der Waals surface area contributed by atoms with Gasteiger partial charge in [-0.2, -0.15) is 0 Å². The Kier molecular flexibility index (Phi) is 6.64. The largest absolute Gasteiger partial charge is 0.480 e. The first-order valence-corrected chi connectivity index (χ1v) is 8.74. The minimum Gasteiger partial charge on any atom is -0.480 e. The molecule has 2 unspecified atom stereocenters. The number of piperazine rings is 1. The molecule has 0 saturated carbocycles. The number of nitrogens with zero attached hydrogens (tertiary/aromatic N) is 2. The zero-order valence-corrected chi connectivity index (χ0v) is 15.2. The van der Waals surface area contributed by atoms with Gasteiger partial charge in [0, 0.05) is 37.6 Å². The van der Waals surface area contributed by atoms with Gasteiger partial charge in [0.2, 0.25) is 0 Å². The van der Waals surface area contributed by atoms with E-state index in [-0.39, 0.29) is 5.92 Å². The number of rotatable bonds is 6. The maximum atomic E-state index is 12.1. The van der Waals surface area contributed by atoms with E-state index in [2.05, 4.69) is 27.5 Å². The maximum Gasteiger partial charge on any atom is 0.326 e. The molecule has 0 spiro atoms. The molecule has 2 rings (SSSR count). The Hall–Kier alpha value is -2.28. The number of hydrogen-bond acceptors (Lipinski definition) is 4. The number of carboxylic acids is 1. The van der Waals surface area contributed by atoms with Crippen LogP contribution < -0.4 is 15.5 Å². The molecule has 0 aromatic heterocycles. The van der Waals surface area contributed by atoms with Crippen LogP contribution in [0.5, 0.6) is 0 Å². The van der Waals surface area contributed by atoms with Crippen molar-refractivity contribution >= 4 is 23.4 Å². The van der Waals surface area contributed by atoms with E-state index >= 15 is 0 Å². The zero-order chi connectivity index (χ0) is 18.4. The van der Waals surface area contributed by atoms with Crippen molar-refractivity contribution < 1.29 is 14.7 Å². The lowest BCUT2D eigenvalue weighted by molar-refractivity contribution is -0.140. The van der Waals surface area contributed by atoms with Crippen LogP contribution in [-0.2, 0) is 4.79 Å². The SMILES string of the molecule is CCC(C)C(NC(=O)Nc1ccc(N2CCN(C)CC2)cc1)C(=O)O. The van der Waals surface area contributed by atoms with Crippen molar-refractivity contribution in [1.82, 2.24) is 10.2 Å². The number of carbonyl (C=O) groups is 2. The predicted molar refractivity (Wildman–Crippen MR) is 99.2 cm³/mol. The quantitative estimate of drug-likeness (QED) is 0.733. The fourth-order valence-electron chi connectivity index (χ4n) is 2.81.